The minimum Gasteiger partial charge on any atom is -0.508 e. The van der Waals surface area contributed by atoms with Gasteiger partial charge in [-0.15, -0.1) is 0 Å². The molecule has 1 aromatic carbocycles. The summed E-state index contributed by atoms with van der Waals surface area (Å²) in [6.07, 6.45) is 2.69. The van der Waals surface area contributed by atoms with Gasteiger partial charge in [0.1, 0.15) is 5.75 Å². The Labute approximate surface area is 148 Å². The van der Waals surface area contributed by atoms with Crippen LogP contribution in [0.3, 0.4) is 0 Å². The average molecular weight is 346 g/mol. The van der Waals surface area contributed by atoms with Crippen LogP contribution in [-0.2, 0) is 21.4 Å². The van der Waals surface area contributed by atoms with Crippen molar-refractivity contribution in [1.82, 2.24) is 0 Å². The normalized spacial score (nSPS) is 23.0. The lowest BCUT2D eigenvalue weighted by Gasteiger charge is -2.48. The van der Waals surface area contributed by atoms with E-state index in [0.717, 1.165) is 16.7 Å². The molecule has 5 nitrogen and oxygen atoms in total. The van der Waals surface area contributed by atoms with Crippen molar-refractivity contribution in [1.29, 1.82) is 0 Å². The van der Waals surface area contributed by atoms with Crippen molar-refractivity contribution in [2.24, 2.45) is 11.3 Å². The van der Waals surface area contributed by atoms with E-state index in [0.29, 0.717) is 18.4 Å². The first-order valence-electron chi connectivity index (χ1n) is 8.40. The van der Waals surface area contributed by atoms with Crippen molar-refractivity contribution >= 4 is 18.0 Å². The Balaban J connectivity index is 2.78. The predicted molar refractivity (Wildman–Crippen MR) is 95.8 cm³/mol. The fourth-order valence-corrected chi connectivity index (χ4v) is 4.53. The number of benzene rings is 1. The topological polar surface area (TPSA) is 94.8 Å². The standard InChI is InChI=1S/C20H26O5/c1-6-12-11(2)15(21)9-14-13(12)7-8-16(19(3,4)18(24)25)20(14,5)10-17(22)23/h6,9,16,21H,1,7-8,10H2,2-5H3,(H,22,23)(H,24,25)/t16?,20-/m0/s1. The van der Waals surface area contributed by atoms with Crippen LogP contribution in [0.15, 0.2) is 12.6 Å². The molecule has 0 aliphatic heterocycles. The maximum atomic E-state index is 11.8. The number of carbonyl (C=O) groups is 2. The minimum absolute atomic E-state index is 0.0824. The predicted octanol–water partition coefficient (Wildman–Crippen LogP) is 3.75. The number of aromatic hydroxyl groups is 1. The first kappa shape index (κ1) is 19.0. The monoisotopic (exact) mass is 346 g/mol. The summed E-state index contributed by atoms with van der Waals surface area (Å²) >= 11 is 0. The zero-order valence-corrected chi connectivity index (χ0v) is 15.2. The van der Waals surface area contributed by atoms with E-state index in [1.807, 2.05) is 0 Å². The maximum absolute atomic E-state index is 11.8. The smallest absolute Gasteiger partial charge is 0.309 e. The highest BCUT2D eigenvalue weighted by atomic mass is 16.4. The highest BCUT2D eigenvalue weighted by Crippen LogP contribution is 2.53. The van der Waals surface area contributed by atoms with Crippen LogP contribution >= 0.6 is 0 Å². The quantitative estimate of drug-likeness (QED) is 0.755. The van der Waals surface area contributed by atoms with E-state index in [9.17, 15) is 24.9 Å². The molecule has 25 heavy (non-hydrogen) atoms. The molecule has 0 fully saturated rings. The Bertz CT molecular complexity index is 747. The second-order valence-corrected chi connectivity index (χ2v) is 7.77. The summed E-state index contributed by atoms with van der Waals surface area (Å²) in [5.74, 6) is -2.22. The number of phenols is 1. The van der Waals surface area contributed by atoms with Crippen molar-refractivity contribution in [2.45, 2.75) is 52.4 Å². The molecule has 1 aliphatic carbocycles. The van der Waals surface area contributed by atoms with E-state index in [1.54, 1.807) is 39.8 Å². The van der Waals surface area contributed by atoms with E-state index in [2.05, 4.69) is 6.58 Å². The Morgan fingerprint density at radius 1 is 1.40 bits per heavy atom. The Hall–Kier alpha value is -2.30. The van der Waals surface area contributed by atoms with E-state index >= 15 is 0 Å². The first-order chi connectivity index (χ1) is 11.5. The second kappa shape index (κ2) is 6.21. The van der Waals surface area contributed by atoms with Gasteiger partial charge >= 0.3 is 11.9 Å². The summed E-state index contributed by atoms with van der Waals surface area (Å²) in [4.78, 5) is 23.4. The summed E-state index contributed by atoms with van der Waals surface area (Å²) in [5.41, 5.74) is 1.23. The van der Waals surface area contributed by atoms with Gasteiger partial charge in [0.2, 0.25) is 0 Å². The van der Waals surface area contributed by atoms with Crippen molar-refractivity contribution in [3.8, 4) is 5.75 Å². The summed E-state index contributed by atoms with van der Waals surface area (Å²) < 4.78 is 0. The fourth-order valence-electron chi connectivity index (χ4n) is 4.53. The molecule has 1 aromatic rings. The average Bonchev–Trinajstić information content (AvgIpc) is 2.48. The molecule has 136 valence electrons. The molecule has 1 aliphatic rings. The molecule has 3 N–H and O–H groups in total. The van der Waals surface area contributed by atoms with Gasteiger partial charge in [-0.25, -0.2) is 0 Å². The van der Waals surface area contributed by atoms with Gasteiger partial charge < -0.3 is 15.3 Å². The minimum atomic E-state index is -1.09. The molecule has 0 radical (unpaired) electrons. The molecule has 0 amide bonds. The number of fused-ring (bicyclic) bond motifs is 1. The van der Waals surface area contributed by atoms with Crippen molar-refractivity contribution in [3.05, 3.63) is 34.9 Å². The van der Waals surface area contributed by atoms with Gasteiger partial charge in [-0.1, -0.05) is 19.6 Å². The summed E-state index contributed by atoms with van der Waals surface area (Å²) in [6.45, 7) is 10.7. The molecule has 0 saturated carbocycles. The lowest BCUT2D eigenvalue weighted by molar-refractivity contribution is -0.154. The molecule has 5 heteroatoms. The number of carboxylic acids is 2. The van der Waals surface area contributed by atoms with Crippen LogP contribution in [0.5, 0.6) is 5.75 Å². The number of hydrogen-bond acceptors (Lipinski definition) is 3. The van der Waals surface area contributed by atoms with E-state index in [-0.39, 0.29) is 18.1 Å². The highest BCUT2D eigenvalue weighted by Gasteiger charge is 2.52. The number of aliphatic carboxylic acids is 2. The van der Waals surface area contributed by atoms with Gasteiger partial charge in [0, 0.05) is 5.41 Å². The largest absolute Gasteiger partial charge is 0.508 e. The van der Waals surface area contributed by atoms with Crippen LogP contribution in [0.2, 0.25) is 0 Å². The Kier molecular flexibility index (Phi) is 4.73. The number of carboxylic acid groups (broad SMARTS) is 2. The SMILES string of the molecule is C=Cc1c(C)c(O)cc2c1CCC(C(C)(C)C(=O)O)[C@@]2(C)CC(=O)O. The molecule has 0 heterocycles. The summed E-state index contributed by atoms with van der Waals surface area (Å²) in [5, 5.41) is 29.5. The molecule has 0 saturated heterocycles. The van der Waals surface area contributed by atoms with Crippen LogP contribution in [0.1, 0.15) is 55.9 Å². The van der Waals surface area contributed by atoms with Crippen LogP contribution < -0.4 is 0 Å². The zero-order valence-electron chi connectivity index (χ0n) is 15.2. The summed E-state index contributed by atoms with van der Waals surface area (Å²) in [6, 6.07) is 1.62. The van der Waals surface area contributed by atoms with Gasteiger partial charge in [0.25, 0.3) is 0 Å². The third kappa shape index (κ3) is 2.92. The fraction of sp³-hybridized carbons (Fsp3) is 0.500. The zero-order chi connectivity index (χ0) is 19.2. The third-order valence-electron chi connectivity index (χ3n) is 5.93. The highest BCUT2D eigenvalue weighted by molar-refractivity contribution is 5.76. The molecule has 2 rings (SSSR count). The van der Waals surface area contributed by atoms with Crippen molar-refractivity contribution in [2.75, 3.05) is 0 Å². The van der Waals surface area contributed by atoms with Crippen LogP contribution in [0, 0.1) is 18.3 Å². The van der Waals surface area contributed by atoms with Crippen LogP contribution in [0.25, 0.3) is 6.08 Å². The van der Waals surface area contributed by atoms with E-state index in [1.165, 1.54) is 0 Å². The number of phenolic OH excluding ortho intramolecular Hbond substituents is 1. The van der Waals surface area contributed by atoms with Crippen LogP contribution in [0.4, 0.5) is 0 Å². The molecule has 0 aromatic heterocycles. The Morgan fingerprint density at radius 2 is 2.00 bits per heavy atom. The number of hydrogen-bond donors (Lipinski definition) is 3. The second-order valence-electron chi connectivity index (χ2n) is 7.77. The Morgan fingerprint density at radius 3 is 2.48 bits per heavy atom. The van der Waals surface area contributed by atoms with Gasteiger partial charge in [0.05, 0.1) is 11.8 Å². The first-order valence-corrected chi connectivity index (χ1v) is 8.40. The molecular weight excluding hydrogens is 320 g/mol. The van der Waals surface area contributed by atoms with Gasteiger partial charge in [-0.2, -0.15) is 0 Å². The van der Waals surface area contributed by atoms with Gasteiger partial charge in [-0.05, 0) is 67.9 Å². The van der Waals surface area contributed by atoms with Gasteiger partial charge in [-0.3, -0.25) is 9.59 Å². The lowest BCUT2D eigenvalue weighted by atomic mass is 9.54. The molecule has 0 bridgehead atoms. The summed E-state index contributed by atoms with van der Waals surface area (Å²) in [7, 11) is 0. The lowest BCUT2D eigenvalue weighted by Crippen LogP contribution is -2.49. The van der Waals surface area contributed by atoms with E-state index < -0.39 is 22.8 Å². The molecule has 1 unspecified atom stereocenters. The third-order valence-corrected chi connectivity index (χ3v) is 5.93. The van der Waals surface area contributed by atoms with Crippen molar-refractivity contribution < 1.29 is 24.9 Å². The van der Waals surface area contributed by atoms with Gasteiger partial charge in [0.15, 0.2) is 0 Å². The van der Waals surface area contributed by atoms with E-state index in [4.69, 9.17) is 0 Å². The van der Waals surface area contributed by atoms with Crippen LogP contribution in [-0.4, -0.2) is 27.3 Å². The maximum Gasteiger partial charge on any atom is 0.309 e. The molecule has 0 spiro atoms. The molecule has 2 atom stereocenters. The number of rotatable bonds is 5. The van der Waals surface area contributed by atoms with Crippen molar-refractivity contribution in [3.63, 3.8) is 0 Å². The molecular formula is C20H26O5.